The van der Waals surface area contributed by atoms with Crippen LogP contribution in [0, 0.1) is 5.82 Å². The number of hydrogen-bond donors (Lipinski definition) is 0. The predicted octanol–water partition coefficient (Wildman–Crippen LogP) is 2.64. The molecule has 0 spiro atoms. The molecule has 1 aliphatic heterocycles. The molecule has 1 aromatic heterocycles. The minimum absolute atomic E-state index is 0.104. The minimum atomic E-state index is -0.524. The first kappa shape index (κ1) is 22.1. The fraction of sp³-hybridized carbons (Fsp3) is 0.364. The Morgan fingerprint density at radius 1 is 1.25 bits per heavy atom. The predicted molar refractivity (Wildman–Crippen MR) is 115 cm³/mol. The molecule has 2 heterocycles. The smallest absolute Gasteiger partial charge is 0.359 e. The van der Waals surface area contributed by atoms with E-state index in [1.165, 1.54) is 42.0 Å². The summed E-state index contributed by atoms with van der Waals surface area (Å²) in [4.78, 5) is 37.7. The van der Waals surface area contributed by atoms with Gasteiger partial charge in [-0.05, 0) is 49.9 Å². The average Bonchev–Trinajstić information content (AvgIpc) is 3.48. The van der Waals surface area contributed by atoms with Gasteiger partial charge in [0.25, 0.3) is 0 Å². The second-order valence-corrected chi connectivity index (χ2v) is 8.34. The van der Waals surface area contributed by atoms with Crippen LogP contribution in [-0.4, -0.2) is 58.5 Å². The van der Waals surface area contributed by atoms with Crippen LogP contribution in [0.4, 0.5) is 4.39 Å². The Kier molecular flexibility index (Phi) is 6.59. The standard InChI is InChI=1S/C22H22FN3O5S/c1-30-20(28)12-19-25(18(27)13-32-19)10-3-11-31-22(29)21-16-4-2-5-17(16)26(24-21)15-8-6-14(23)7-9-15/h6-9,12H,2-5,10-11,13H2,1H3/b19-12+. The maximum absolute atomic E-state index is 13.3. The van der Waals surface area contributed by atoms with Crippen LogP contribution >= 0.6 is 11.8 Å². The first-order chi connectivity index (χ1) is 15.5. The highest BCUT2D eigenvalue weighted by molar-refractivity contribution is 8.04. The van der Waals surface area contributed by atoms with Crippen molar-refractivity contribution in [3.05, 3.63) is 58.1 Å². The Balaban J connectivity index is 1.38. The van der Waals surface area contributed by atoms with Gasteiger partial charge in [-0.15, -0.1) is 0 Å². The van der Waals surface area contributed by atoms with E-state index in [0.29, 0.717) is 23.7 Å². The average molecular weight is 459 g/mol. The number of esters is 2. The number of fused-ring (bicyclic) bond motifs is 1. The van der Waals surface area contributed by atoms with Crippen molar-refractivity contribution >= 4 is 29.6 Å². The third-order valence-electron chi connectivity index (χ3n) is 5.31. The van der Waals surface area contributed by atoms with Crippen molar-refractivity contribution in [1.29, 1.82) is 0 Å². The Hall–Kier alpha value is -3.14. The van der Waals surface area contributed by atoms with Crippen molar-refractivity contribution < 1.29 is 28.2 Å². The van der Waals surface area contributed by atoms with E-state index in [0.717, 1.165) is 30.5 Å². The minimum Gasteiger partial charge on any atom is -0.466 e. The molecule has 0 atom stereocenters. The number of halogens is 1. The monoisotopic (exact) mass is 459 g/mol. The first-order valence-corrected chi connectivity index (χ1v) is 11.2. The van der Waals surface area contributed by atoms with Crippen molar-refractivity contribution in [3.63, 3.8) is 0 Å². The van der Waals surface area contributed by atoms with Crippen LogP contribution in [-0.2, 0) is 31.9 Å². The molecule has 10 heteroatoms. The van der Waals surface area contributed by atoms with E-state index in [2.05, 4.69) is 9.84 Å². The van der Waals surface area contributed by atoms with Gasteiger partial charge in [-0.25, -0.2) is 18.7 Å². The molecule has 0 bridgehead atoms. The second kappa shape index (κ2) is 9.56. The molecule has 0 unspecified atom stereocenters. The molecule has 1 amide bonds. The zero-order valence-electron chi connectivity index (χ0n) is 17.5. The van der Waals surface area contributed by atoms with Gasteiger partial charge in [0.05, 0.1) is 36.3 Å². The lowest BCUT2D eigenvalue weighted by Gasteiger charge is -2.16. The van der Waals surface area contributed by atoms with Crippen molar-refractivity contribution in [3.8, 4) is 5.69 Å². The number of nitrogens with zero attached hydrogens (tertiary/aromatic N) is 3. The summed E-state index contributed by atoms with van der Waals surface area (Å²) in [5.41, 5.74) is 2.79. The number of aromatic nitrogens is 2. The van der Waals surface area contributed by atoms with Crippen LogP contribution < -0.4 is 0 Å². The normalized spacial score (nSPS) is 16.5. The number of methoxy groups -OCH3 is 1. The summed E-state index contributed by atoms with van der Waals surface area (Å²) >= 11 is 1.27. The topological polar surface area (TPSA) is 90.7 Å². The van der Waals surface area contributed by atoms with E-state index in [-0.39, 0.29) is 29.8 Å². The van der Waals surface area contributed by atoms with E-state index in [9.17, 15) is 18.8 Å². The summed E-state index contributed by atoms with van der Waals surface area (Å²) in [6.07, 6.45) is 4.14. The highest BCUT2D eigenvalue weighted by Crippen LogP contribution is 2.30. The zero-order chi connectivity index (χ0) is 22.7. The lowest BCUT2D eigenvalue weighted by molar-refractivity contribution is -0.134. The number of rotatable bonds is 7. The molecule has 8 nitrogen and oxygen atoms in total. The second-order valence-electron chi connectivity index (χ2n) is 7.34. The third kappa shape index (κ3) is 4.55. The number of ether oxygens (including phenoxy) is 2. The van der Waals surface area contributed by atoms with E-state index in [4.69, 9.17) is 4.74 Å². The highest BCUT2D eigenvalue weighted by Gasteiger charge is 2.29. The number of benzene rings is 1. The van der Waals surface area contributed by atoms with E-state index in [1.807, 2.05) is 0 Å². The summed E-state index contributed by atoms with van der Waals surface area (Å²) < 4.78 is 25.0. The van der Waals surface area contributed by atoms with Crippen LogP contribution in [0.15, 0.2) is 35.4 Å². The van der Waals surface area contributed by atoms with E-state index in [1.54, 1.807) is 16.8 Å². The fourth-order valence-corrected chi connectivity index (χ4v) is 4.74. The number of amides is 1. The van der Waals surface area contributed by atoms with Gasteiger partial charge in [0.1, 0.15) is 5.82 Å². The zero-order valence-corrected chi connectivity index (χ0v) is 18.3. The quantitative estimate of drug-likeness (QED) is 0.357. The fourth-order valence-electron chi connectivity index (χ4n) is 3.78. The largest absolute Gasteiger partial charge is 0.466 e. The van der Waals surface area contributed by atoms with Crippen LogP contribution in [0.2, 0.25) is 0 Å². The number of carbonyl (C=O) groups excluding carboxylic acids is 3. The number of thioether (sulfide) groups is 1. The van der Waals surface area contributed by atoms with Crippen molar-refractivity contribution in [1.82, 2.24) is 14.7 Å². The molecule has 2 aromatic rings. The maximum Gasteiger partial charge on any atom is 0.359 e. The van der Waals surface area contributed by atoms with Crippen molar-refractivity contribution in [2.24, 2.45) is 0 Å². The van der Waals surface area contributed by atoms with E-state index >= 15 is 0 Å². The Bertz CT molecular complexity index is 1080. The molecular formula is C22H22FN3O5S. The van der Waals surface area contributed by atoms with Crippen molar-refractivity contribution in [2.75, 3.05) is 26.0 Å². The molecule has 0 N–H and O–H groups in total. The lowest BCUT2D eigenvalue weighted by atomic mass is 10.2. The summed E-state index contributed by atoms with van der Waals surface area (Å²) in [7, 11) is 1.28. The molecule has 1 fully saturated rings. The highest BCUT2D eigenvalue weighted by atomic mass is 32.2. The van der Waals surface area contributed by atoms with Crippen LogP contribution in [0.25, 0.3) is 5.69 Å². The summed E-state index contributed by atoms with van der Waals surface area (Å²) in [6, 6.07) is 5.97. The maximum atomic E-state index is 13.3. The molecule has 1 aliphatic carbocycles. The van der Waals surface area contributed by atoms with Crippen LogP contribution in [0.3, 0.4) is 0 Å². The van der Waals surface area contributed by atoms with Gasteiger partial charge in [0, 0.05) is 17.8 Å². The molecule has 4 rings (SSSR count). The molecule has 168 valence electrons. The van der Waals surface area contributed by atoms with Gasteiger partial charge in [-0.1, -0.05) is 11.8 Å². The van der Waals surface area contributed by atoms with Gasteiger partial charge < -0.3 is 14.4 Å². The van der Waals surface area contributed by atoms with Gasteiger partial charge in [0.2, 0.25) is 5.91 Å². The van der Waals surface area contributed by atoms with Gasteiger partial charge in [0.15, 0.2) is 5.69 Å². The van der Waals surface area contributed by atoms with Gasteiger partial charge in [-0.2, -0.15) is 5.10 Å². The lowest BCUT2D eigenvalue weighted by Crippen LogP contribution is -2.27. The first-order valence-electron chi connectivity index (χ1n) is 10.2. The summed E-state index contributed by atoms with van der Waals surface area (Å²) in [5.74, 6) is -1.22. The molecule has 0 saturated carbocycles. The third-order valence-corrected chi connectivity index (χ3v) is 6.33. The molecule has 2 aliphatic rings. The van der Waals surface area contributed by atoms with Gasteiger partial charge >= 0.3 is 11.9 Å². The molecule has 32 heavy (non-hydrogen) atoms. The number of carbonyl (C=O) groups is 3. The molecular weight excluding hydrogens is 437 g/mol. The van der Waals surface area contributed by atoms with E-state index < -0.39 is 11.9 Å². The van der Waals surface area contributed by atoms with Crippen molar-refractivity contribution in [2.45, 2.75) is 25.7 Å². The Labute approximate surface area is 188 Å². The van der Waals surface area contributed by atoms with Crippen LogP contribution in [0.5, 0.6) is 0 Å². The molecule has 1 saturated heterocycles. The Morgan fingerprint density at radius 2 is 2.03 bits per heavy atom. The Morgan fingerprint density at radius 3 is 2.78 bits per heavy atom. The van der Waals surface area contributed by atoms with Gasteiger partial charge in [-0.3, -0.25) is 4.79 Å². The van der Waals surface area contributed by atoms with Crippen LogP contribution in [0.1, 0.15) is 34.6 Å². The molecule has 0 radical (unpaired) electrons. The number of hydrogen-bond acceptors (Lipinski definition) is 7. The summed E-state index contributed by atoms with van der Waals surface area (Å²) in [6.45, 7) is 0.432. The summed E-state index contributed by atoms with van der Waals surface area (Å²) in [5, 5.41) is 4.98. The molecule has 1 aromatic carbocycles. The SMILES string of the molecule is COC(=O)/C=C1/SCC(=O)N1CCCOC(=O)c1nn(-c2ccc(F)cc2)c2c1CCC2.